The Morgan fingerprint density at radius 3 is 2.50 bits per heavy atom. The van der Waals surface area contributed by atoms with E-state index in [0.717, 1.165) is 13.0 Å². The van der Waals surface area contributed by atoms with Gasteiger partial charge in [-0.05, 0) is 25.7 Å². The third-order valence-corrected chi connectivity index (χ3v) is 2.69. The highest BCUT2D eigenvalue weighted by Crippen LogP contribution is 2.22. The Morgan fingerprint density at radius 1 is 1.50 bits per heavy atom. The molecule has 0 aliphatic rings. The quantitative estimate of drug-likeness (QED) is 0.668. The van der Waals surface area contributed by atoms with Crippen LogP contribution < -0.4 is 5.73 Å². The average Bonchev–Trinajstić information content (AvgIpc) is 2.01. The molecule has 0 saturated heterocycles. The minimum Gasteiger partial charge on any atom is -0.385 e. The molecule has 2 heteroatoms. The van der Waals surface area contributed by atoms with E-state index in [4.69, 9.17) is 10.5 Å². The fourth-order valence-electron chi connectivity index (χ4n) is 1.33. The topological polar surface area (TPSA) is 35.2 Å². The molecular formula is C10H23NO. The number of hydrogen-bond acceptors (Lipinski definition) is 2. The van der Waals surface area contributed by atoms with Crippen LogP contribution >= 0.6 is 0 Å². The number of rotatable bonds is 6. The fraction of sp³-hybridized carbons (Fsp3) is 1.00. The number of ether oxygens (including phenoxy) is 1. The molecule has 0 aromatic carbocycles. The van der Waals surface area contributed by atoms with E-state index in [1.165, 1.54) is 12.8 Å². The molecule has 0 heterocycles. The van der Waals surface area contributed by atoms with Gasteiger partial charge in [0.2, 0.25) is 0 Å². The summed E-state index contributed by atoms with van der Waals surface area (Å²) in [6, 6.07) is 0. The molecule has 0 rings (SSSR count). The van der Waals surface area contributed by atoms with Gasteiger partial charge in [0, 0.05) is 19.3 Å². The first-order chi connectivity index (χ1) is 5.54. The van der Waals surface area contributed by atoms with E-state index in [0.29, 0.717) is 5.92 Å². The molecule has 74 valence electrons. The summed E-state index contributed by atoms with van der Waals surface area (Å²) < 4.78 is 5.03. The van der Waals surface area contributed by atoms with E-state index in [1.54, 1.807) is 7.11 Å². The smallest absolute Gasteiger partial charge is 0.0479 e. The molecule has 2 N–H and O–H groups in total. The highest BCUT2D eigenvalue weighted by Gasteiger charge is 2.24. The van der Waals surface area contributed by atoms with Gasteiger partial charge in [-0.2, -0.15) is 0 Å². The van der Waals surface area contributed by atoms with Crippen LogP contribution in [0.5, 0.6) is 0 Å². The van der Waals surface area contributed by atoms with Gasteiger partial charge in [-0.3, -0.25) is 0 Å². The number of nitrogens with two attached hydrogens (primary N) is 1. The Morgan fingerprint density at radius 2 is 2.08 bits per heavy atom. The SMILES string of the molecule is CCCC(C)C(C)(N)CCOC. The molecule has 2 nitrogen and oxygen atoms in total. The lowest BCUT2D eigenvalue weighted by Gasteiger charge is -2.31. The molecule has 0 radical (unpaired) electrons. The van der Waals surface area contributed by atoms with Crippen molar-refractivity contribution in [3.63, 3.8) is 0 Å². The summed E-state index contributed by atoms with van der Waals surface area (Å²) in [5.41, 5.74) is 6.09. The van der Waals surface area contributed by atoms with E-state index in [1.807, 2.05) is 0 Å². The Balaban J connectivity index is 3.81. The summed E-state index contributed by atoms with van der Waals surface area (Å²) in [5, 5.41) is 0. The van der Waals surface area contributed by atoms with Crippen LogP contribution in [0.25, 0.3) is 0 Å². The lowest BCUT2D eigenvalue weighted by molar-refractivity contribution is 0.151. The van der Waals surface area contributed by atoms with Crippen molar-refractivity contribution in [3.05, 3.63) is 0 Å². The molecule has 0 aliphatic heterocycles. The Kier molecular flexibility index (Phi) is 5.51. The molecule has 0 spiro atoms. The van der Waals surface area contributed by atoms with Crippen molar-refractivity contribution in [2.75, 3.05) is 13.7 Å². The molecule has 0 saturated carbocycles. The highest BCUT2D eigenvalue weighted by molar-refractivity contribution is 4.83. The summed E-state index contributed by atoms with van der Waals surface area (Å²) in [6.45, 7) is 7.30. The number of methoxy groups -OCH3 is 1. The molecule has 0 aliphatic carbocycles. The fourth-order valence-corrected chi connectivity index (χ4v) is 1.33. The standard InChI is InChI=1S/C10H23NO/c1-5-6-9(2)10(3,11)7-8-12-4/h9H,5-8,11H2,1-4H3. The van der Waals surface area contributed by atoms with Crippen molar-refractivity contribution < 1.29 is 4.74 Å². The van der Waals surface area contributed by atoms with Crippen molar-refractivity contribution in [1.29, 1.82) is 0 Å². The van der Waals surface area contributed by atoms with Crippen LogP contribution in [0.1, 0.15) is 40.0 Å². The second-order valence-corrected chi connectivity index (χ2v) is 3.94. The van der Waals surface area contributed by atoms with Gasteiger partial charge in [0.15, 0.2) is 0 Å². The molecule has 0 aromatic rings. The second-order valence-electron chi connectivity index (χ2n) is 3.94. The average molecular weight is 173 g/mol. The van der Waals surface area contributed by atoms with Gasteiger partial charge in [-0.25, -0.2) is 0 Å². The van der Waals surface area contributed by atoms with Gasteiger partial charge in [0.05, 0.1) is 0 Å². The zero-order valence-electron chi connectivity index (χ0n) is 8.89. The largest absolute Gasteiger partial charge is 0.385 e. The summed E-state index contributed by atoms with van der Waals surface area (Å²) in [7, 11) is 1.72. The second kappa shape index (κ2) is 5.55. The lowest BCUT2D eigenvalue weighted by Crippen LogP contribution is -2.43. The van der Waals surface area contributed by atoms with Gasteiger partial charge in [-0.1, -0.05) is 20.3 Å². The monoisotopic (exact) mass is 173 g/mol. The van der Waals surface area contributed by atoms with Crippen LogP contribution in [-0.4, -0.2) is 19.3 Å². The van der Waals surface area contributed by atoms with Crippen molar-refractivity contribution in [3.8, 4) is 0 Å². The van der Waals surface area contributed by atoms with Crippen molar-refractivity contribution in [2.45, 2.75) is 45.6 Å². The van der Waals surface area contributed by atoms with Crippen LogP contribution in [0.4, 0.5) is 0 Å². The van der Waals surface area contributed by atoms with Gasteiger partial charge in [-0.15, -0.1) is 0 Å². The van der Waals surface area contributed by atoms with Gasteiger partial charge < -0.3 is 10.5 Å². The minimum absolute atomic E-state index is 0.0635. The maximum atomic E-state index is 6.15. The van der Waals surface area contributed by atoms with Crippen molar-refractivity contribution in [2.24, 2.45) is 11.7 Å². The summed E-state index contributed by atoms with van der Waals surface area (Å²) in [5.74, 6) is 0.581. The van der Waals surface area contributed by atoms with Crippen LogP contribution in [0, 0.1) is 5.92 Å². The molecule has 12 heavy (non-hydrogen) atoms. The van der Waals surface area contributed by atoms with Crippen molar-refractivity contribution in [1.82, 2.24) is 0 Å². The molecule has 0 fully saturated rings. The van der Waals surface area contributed by atoms with Gasteiger partial charge in [0.25, 0.3) is 0 Å². The van der Waals surface area contributed by atoms with Crippen LogP contribution in [0.3, 0.4) is 0 Å². The zero-order valence-corrected chi connectivity index (χ0v) is 8.89. The first kappa shape index (κ1) is 11.9. The predicted molar refractivity (Wildman–Crippen MR) is 53.2 cm³/mol. The van der Waals surface area contributed by atoms with E-state index < -0.39 is 0 Å². The van der Waals surface area contributed by atoms with E-state index in [9.17, 15) is 0 Å². The van der Waals surface area contributed by atoms with Crippen molar-refractivity contribution >= 4 is 0 Å². The van der Waals surface area contributed by atoms with Crippen LogP contribution in [0.15, 0.2) is 0 Å². The first-order valence-electron chi connectivity index (χ1n) is 4.82. The first-order valence-corrected chi connectivity index (χ1v) is 4.82. The summed E-state index contributed by atoms with van der Waals surface area (Å²) in [4.78, 5) is 0. The molecule has 0 bridgehead atoms. The van der Waals surface area contributed by atoms with Crippen LogP contribution in [0.2, 0.25) is 0 Å². The third-order valence-electron chi connectivity index (χ3n) is 2.69. The Labute approximate surface area is 76.5 Å². The molecule has 0 amide bonds. The Bertz CT molecular complexity index is 112. The maximum absolute atomic E-state index is 6.15. The third kappa shape index (κ3) is 4.07. The molecule has 0 aromatic heterocycles. The minimum atomic E-state index is -0.0635. The van der Waals surface area contributed by atoms with E-state index in [2.05, 4.69) is 20.8 Å². The van der Waals surface area contributed by atoms with E-state index in [-0.39, 0.29) is 5.54 Å². The van der Waals surface area contributed by atoms with Crippen LogP contribution in [-0.2, 0) is 4.74 Å². The summed E-state index contributed by atoms with van der Waals surface area (Å²) in [6.07, 6.45) is 3.36. The Hall–Kier alpha value is -0.0800. The van der Waals surface area contributed by atoms with Gasteiger partial charge in [0.1, 0.15) is 0 Å². The normalized spacial score (nSPS) is 18.8. The summed E-state index contributed by atoms with van der Waals surface area (Å²) >= 11 is 0. The number of hydrogen-bond donors (Lipinski definition) is 1. The lowest BCUT2D eigenvalue weighted by atomic mass is 9.82. The highest BCUT2D eigenvalue weighted by atomic mass is 16.5. The zero-order chi connectivity index (χ0) is 9.61. The molecule has 2 unspecified atom stereocenters. The molecular weight excluding hydrogens is 150 g/mol. The van der Waals surface area contributed by atoms with E-state index >= 15 is 0 Å². The maximum Gasteiger partial charge on any atom is 0.0479 e. The molecule has 2 atom stereocenters. The van der Waals surface area contributed by atoms with Gasteiger partial charge >= 0.3 is 0 Å². The predicted octanol–water partition coefficient (Wildman–Crippen LogP) is 2.18.